The van der Waals surface area contributed by atoms with Gasteiger partial charge < -0.3 is 4.74 Å². The van der Waals surface area contributed by atoms with Crippen molar-refractivity contribution in [3.05, 3.63) is 29.6 Å². The van der Waals surface area contributed by atoms with E-state index in [1.165, 1.54) is 0 Å². The van der Waals surface area contributed by atoms with E-state index in [0.29, 0.717) is 11.6 Å². The Labute approximate surface area is 99.1 Å². The Balaban J connectivity index is 2.33. The summed E-state index contributed by atoms with van der Waals surface area (Å²) in [6.45, 7) is 1.96. The van der Waals surface area contributed by atoms with E-state index in [0.717, 1.165) is 16.9 Å². The van der Waals surface area contributed by atoms with E-state index in [1.54, 1.807) is 7.11 Å². The third-order valence-corrected chi connectivity index (χ3v) is 2.43. The van der Waals surface area contributed by atoms with Gasteiger partial charge in [-0.15, -0.1) is 0 Å². The lowest BCUT2D eigenvalue weighted by molar-refractivity contribution is 0.412. The van der Waals surface area contributed by atoms with Crippen LogP contribution in [0.4, 0.5) is 0 Å². The van der Waals surface area contributed by atoms with E-state index in [9.17, 15) is 0 Å². The van der Waals surface area contributed by atoms with Crippen LogP contribution in [0, 0.1) is 18.3 Å². The smallest absolute Gasteiger partial charge is 0.181 e. The van der Waals surface area contributed by atoms with Crippen LogP contribution in [0.5, 0.6) is 5.75 Å². The van der Waals surface area contributed by atoms with Crippen molar-refractivity contribution in [3.8, 4) is 23.2 Å². The van der Waals surface area contributed by atoms with Gasteiger partial charge in [0.2, 0.25) is 0 Å². The van der Waals surface area contributed by atoms with Crippen LogP contribution in [0.15, 0.2) is 18.2 Å². The van der Waals surface area contributed by atoms with Gasteiger partial charge in [-0.3, -0.25) is 5.10 Å². The lowest BCUT2D eigenvalue weighted by atomic mass is 10.1. The third kappa shape index (κ3) is 2.26. The quantitative estimate of drug-likeness (QED) is 0.870. The van der Waals surface area contributed by atoms with Gasteiger partial charge in [0.15, 0.2) is 5.82 Å². The van der Waals surface area contributed by atoms with Gasteiger partial charge >= 0.3 is 0 Å². The topological polar surface area (TPSA) is 74.6 Å². The summed E-state index contributed by atoms with van der Waals surface area (Å²) in [5.74, 6) is 2.01. The van der Waals surface area contributed by atoms with Crippen molar-refractivity contribution in [2.75, 3.05) is 7.11 Å². The Kier molecular flexibility index (Phi) is 3.06. The number of aryl methyl sites for hydroxylation is 1. The monoisotopic (exact) mass is 228 g/mol. The molecule has 0 radical (unpaired) electrons. The highest BCUT2D eigenvalue weighted by atomic mass is 16.5. The average molecular weight is 228 g/mol. The number of ether oxygens (including phenoxy) is 1. The predicted octanol–water partition coefficient (Wildman–Crippen LogP) is 1.85. The fourth-order valence-electron chi connectivity index (χ4n) is 1.60. The van der Waals surface area contributed by atoms with E-state index in [-0.39, 0.29) is 6.42 Å². The molecular weight excluding hydrogens is 216 g/mol. The molecule has 0 spiro atoms. The van der Waals surface area contributed by atoms with Gasteiger partial charge in [-0.2, -0.15) is 10.4 Å². The molecule has 2 rings (SSSR count). The highest BCUT2D eigenvalue weighted by molar-refractivity contribution is 5.58. The van der Waals surface area contributed by atoms with E-state index < -0.39 is 0 Å². The average Bonchev–Trinajstić information content (AvgIpc) is 2.78. The van der Waals surface area contributed by atoms with Crippen LogP contribution in [-0.2, 0) is 6.42 Å². The zero-order chi connectivity index (χ0) is 12.3. The first-order valence-electron chi connectivity index (χ1n) is 5.18. The summed E-state index contributed by atoms with van der Waals surface area (Å²) in [6.07, 6.45) is 0.238. The van der Waals surface area contributed by atoms with Gasteiger partial charge in [-0.05, 0) is 30.7 Å². The van der Waals surface area contributed by atoms with Crippen molar-refractivity contribution in [2.45, 2.75) is 13.3 Å². The summed E-state index contributed by atoms with van der Waals surface area (Å²) < 4.78 is 5.19. The molecule has 0 aliphatic rings. The number of H-pyrrole nitrogens is 1. The first-order valence-corrected chi connectivity index (χ1v) is 5.18. The highest BCUT2D eigenvalue weighted by Gasteiger charge is 2.07. The van der Waals surface area contributed by atoms with Gasteiger partial charge in [-0.25, -0.2) is 4.98 Å². The third-order valence-electron chi connectivity index (χ3n) is 2.43. The Morgan fingerprint density at radius 2 is 2.29 bits per heavy atom. The molecule has 0 aliphatic heterocycles. The predicted molar refractivity (Wildman–Crippen MR) is 62.4 cm³/mol. The number of nitrogens with one attached hydrogen (secondary N) is 1. The molecule has 5 heteroatoms. The lowest BCUT2D eigenvalue weighted by Crippen LogP contribution is -1.89. The summed E-state index contributed by atoms with van der Waals surface area (Å²) in [5, 5.41) is 15.4. The SMILES string of the molecule is COc1ccc(-c2n[nH]c(CC#N)n2)cc1C. The van der Waals surface area contributed by atoms with Gasteiger partial charge in [-0.1, -0.05) is 0 Å². The molecule has 0 amide bonds. The number of aromatic nitrogens is 3. The maximum Gasteiger partial charge on any atom is 0.181 e. The van der Waals surface area contributed by atoms with Crippen molar-refractivity contribution >= 4 is 0 Å². The molecule has 17 heavy (non-hydrogen) atoms. The standard InChI is InChI=1S/C12H12N4O/c1-8-7-9(3-4-10(8)17-2)12-14-11(5-6-13)15-16-12/h3-4,7H,5H2,1-2H3,(H,14,15,16). The second-order valence-corrected chi connectivity index (χ2v) is 3.63. The molecule has 2 aromatic rings. The van der Waals surface area contributed by atoms with Crippen molar-refractivity contribution in [3.63, 3.8) is 0 Å². The maximum atomic E-state index is 8.56. The van der Waals surface area contributed by atoms with Crippen LogP contribution in [0.25, 0.3) is 11.4 Å². The molecule has 0 saturated carbocycles. The minimum absolute atomic E-state index is 0.238. The van der Waals surface area contributed by atoms with Gasteiger partial charge in [0.25, 0.3) is 0 Å². The number of hydrogen-bond acceptors (Lipinski definition) is 4. The Bertz CT molecular complexity index is 568. The van der Waals surface area contributed by atoms with Crippen LogP contribution in [0.2, 0.25) is 0 Å². The Morgan fingerprint density at radius 1 is 1.47 bits per heavy atom. The molecular formula is C12H12N4O. The van der Waals surface area contributed by atoms with Crippen LogP contribution in [0.1, 0.15) is 11.4 Å². The summed E-state index contributed by atoms with van der Waals surface area (Å²) in [6, 6.07) is 7.76. The van der Waals surface area contributed by atoms with Gasteiger partial charge in [0, 0.05) is 5.56 Å². The van der Waals surface area contributed by atoms with E-state index >= 15 is 0 Å². The minimum atomic E-state index is 0.238. The van der Waals surface area contributed by atoms with Crippen molar-refractivity contribution in [1.82, 2.24) is 15.2 Å². The number of methoxy groups -OCH3 is 1. The molecule has 1 N–H and O–H groups in total. The molecule has 1 heterocycles. The Morgan fingerprint density at radius 3 is 2.94 bits per heavy atom. The molecule has 0 bridgehead atoms. The second-order valence-electron chi connectivity index (χ2n) is 3.63. The van der Waals surface area contributed by atoms with Crippen molar-refractivity contribution in [2.24, 2.45) is 0 Å². The first kappa shape index (κ1) is 11.1. The zero-order valence-corrected chi connectivity index (χ0v) is 9.69. The van der Waals surface area contributed by atoms with Crippen LogP contribution < -0.4 is 4.74 Å². The maximum absolute atomic E-state index is 8.56. The molecule has 1 aromatic heterocycles. The van der Waals surface area contributed by atoms with Crippen LogP contribution in [-0.4, -0.2) is 22.3 Å². The second kappa shape index (κ2) is 4.66. The number of aromatic amines is 1. The molecule has 86 valence electrons. The Hall–Kier alpha value is -2.35. The number of nitrogens with zero attached hydrogens (tertiary/aromatic N) is 3. The minimum Gasteiger partial charge on any atom is -0.496 e. The van der Waals surface area contributed by atoms with E-state index in [2.05, 4.69) is 15.2 Å². The summed E-state index contributed by atoms with van der Waals surface area (Å²) in [7, 11) is 1.64. The number of rotatable bonds is 3. The molecule has 0 atom stereocenters. The van der Waals surface area contributed by atoms with E-state index in [1.807, 2.05) is 31.2 Å². The fourth-order valence-corrected chi connectivity index (χ4v) is 1.60. The molecule has 5 nitrogen and oxygen atoms in total. The fraction of sp³-hybridized carbons (Fsp3) is 0.250. The highest BCUT2D eigenvalue weighted by Crippen LogP contribution is 2.23. The van der Waals surface area contributed by atoms with Crippen LogP contribution >= 0.6 is 0 Å². The summed E-state index contributed by atoms with van der Waals surface area (Å²) >= 11 is 0. The lowest BCUT2D eigenvalue weighted by Gasteiger charge is -2.04. The van der Waals surface area contributed by atoms with Gasteiger partial charge in [0.05, 0.1) is 19.6 Å². The molecule has 1 aromatic carbocycles. The summed E-state index contributed by atoms with van der Waals surface area (Å²) in [4.78, 5) is 4.24. The molecule has 0 unspecified atom stereocenters. The normalized spacial score (nSPS) is 9.94. The van der Waals surface area contributed by atoms with Crippen molar-refractivity contribution < 1.29 is 4.74 Å². The number of hydrogen-bond donors (Lipinski definition) is 1. The molecule has 0 fully saturated rings. The van der Waals surface area contributed by atoms with E-state index in [4.69, 9.17) is 10.00 Å². The zero-order valence-electron chi connectivity index (χ0n) is 9.69. The summed E-state index contributed by atoms with van der Waals surface area (Å²) in [5.41, 5.74) is 1.93. The largest absolute Gasteiger partial charge is 0.496 e. The number of nitriles is 1. The molecule has 0 aliphatic carbocycles. The molecule has 0 saturated heterocycles. The number of benzene rings is 1. The first-order chi connectivity index (χ1) is 8.24. The van der Waals surface area contributed by atoms with Gasteiger partial charge in [0.1, 0.15) is 11.6 Å². The van der Waals surface area contributed by atoms with Crippen molar-refractivity contribution in [1.29, 1.82) is 5.26 Å². The van der Waals surface area contributed by atoms with Crippen LogP contribution in [0.3, 0.4) is 0 Å².